The fraction of sp³-hybridized carbons (Fsp3) is 0.392. The summed E-state index contributed by atoms with van der Waals surface area (Å²) < 4.78 is 25.9. The van der Waals surface area contributed by atoms with Crippen molar-refractivity contribution < 1.29 is 28.2 Å². The van der Waals surface area contributed by atoms with Crippen molar-refractivity contribution in [1.82, 2.24) is 0 Å². The summed E-state index contributed by atoms with van der Waals surface area (Å²) in [5.41, 5.74) is 7.98. The summed E-state index contributed by atoms with van der Waals surface area (Å²) >= 11 is 0. The van der Waals surface area contributed by atoms with Gasteiger partial charge in [-0.25, -0.2) is 9.59 Å². The average molecular weight is 779 g/mol. The second-order valence-electron chi connectivity index (χ2n) is 18.0. The standard InChI is InChI=1S/C51H54O7/c1-31(2)38-22-21-32-15-17-35(18-16-32)29-37(20-19-34-13-10-14-36(28-34)27-33-11-8-7-9-12-33)30-42(52)55-46-43-41(58-51(5,6)47(46)57-48(38)53)24-23-40-39-25-26-50(3,4)44(39)49(54)56-45(40)43/h7-18,23-24,28,37,46-47H,19-22,25-27,29-30H2,1-6H3. The van der Waals surface area contributed by atoms with E-state index in [1.165, 1.54) is 16.7 Å². The fourth-order valence-corrected chi connectivity index (χ4v) is 9.36. The van der Waals surface area contributed by atoms with E-state index >= 15 is 0 Å². The highest BCUT2D eigenvalue weighted by Gasteiger charge is 2.51. The van der Waals surface area contributed by atoms with Crippen LogP contribution in [0.3, 0.4) is 0 Å². The summed E-state index contributed by atoms with van der Waals surface area (Å²) in [7, 11) is 0. The monoisotopic (exact) mass is 778 g/mol. The van der Waals surface area contributed by atoms with Crippen molar-refractivity contribution in [2.24, 2.45) is 5.92 Å². The Labute approximate surface area is 341 Å². The van der Waals surface area contributed by atoms with Crippen LogP contribution in [0, 0.1) is 5.92 Å². The lowest BCUT2D eigenvalue weighted by atomic mass is 9.85. The number of ether oxygens (including phenoxy) is 3. The van der Waals surface area contributed by atoms with Crippen molar-refractivity contribution in [2.75, 3.05) is 0 Å². The number of allylic oxidation sites excluding steroid dienone is 1. The molecule has 5 aromatic rings. The van der Waals surface area contributed by atoms with Crippen LogP contribution < -0.4 is 10.4 Å². The summed E-state index contributed by atoms with van der Waals surface area (Å²) in [6.45, 7) is 11.6. The Morgan fingerprint density at radius 3 is 2.22 bits per heavy atom. The molecule has 0 saturated heterocycles. The van der Waals surface area contributed by atoms with Gasteiger partial charge in [0.2, 0.25) is 0 Å². The first-order valence-electron chi connectivity index (χ1n) is 20.8. The molecule has 1 aromatic heterocycles. The van der Waals surface area contributed by atoms with E-state index in [1.54, 1.807) is 0 Å². The molecule has 7 heteroatoms. The van der Waals surface area contributed by atoms with E-state index in [2.05, 4.69) is 86.6 Å². The van der Waals surface area contributed by atoms with E-state index in [4.69, 9.17) is 18.6 Å². The van der Waals surface area contributed by atoms with Gasteiger partial charge in [-0.3, -0.25) is 4.79 Å². The smallest absolute Gasteiger partial charge is 0.340 e. The first-order valence-corrected chi connectivity index (χ1v) is 20.8. The Kier molecular flexibility index (Phi) is 10.7. The first-order chi connectivity index (χ1) is 27.8. The maximum Gasteiger partial charge on any atom is 0.340 e. The van der Waals surface area contributed by atoms with Gasteiger partial charge >= 0.3 is 17.6 Å². The number of aryl methyl sites for hydroxylation is 3. The molecule has 2 bridgehead atoms. The van der Waals surface area contributed by atoms with E-state index in [0.29, 0.717) is 47.3 Å². The van der Waals surface area contributed by atoms with Crippen molar-refractivity contribution in [3.63, 3.8) is 0 Å². The molecule has 7 nitrogen and oxygen atoms in total. The number of hydrogen-bond acceptors (Lipinski definition) is 7. The van der Waals surface area contributed by atoms with Crippen LogP contribution in [0.2, 0.25) is 0 Å². The lowest BCUT2D eigenvalue weighted by Crippen LogP contribution is -2.52. The molecule has 3 atom stereocenters. The zero-order valence-corrected chi connectivity index (χ0v) is 34.6. The Morgan fingerprint density at radius 2 is 1.47 bits per heavy atom. The minimum atomic E-state index is -1.10. The Balaban J connectivity index is 1.17. The molecular formula is C51H54O7. The minimum Gasteiger partial charge on any atom is -0.483 e. The lowest BCUT2D eigenvalue weighted by Gasteiger charge is -2.43. The molecule has 300 valence electrons. The summed E-state index contributed by atoms with van der Waals surface area (Å²) in [6, 6.07) is 31.5. The second-order valence-corrected chi connectivity index (χ2v) is 18.0. The van der Waals surface area contributed by atoms with Gasteiger partial charge < -0.3 is 18.6 Å². The number of carbonyl (C=O) groups is 2. The molecule has 3 unspecified atom stereocenters. The molecule has 0 radical (unpaired) electrons. The van der Waals surface area contributed by atoms with Crippen molar-refractivity contribution in [3.8, 4) is 5.75 Å². The topological polar surface area (TPSA) is 92.0 Å². The highest BCUT2D eigenvalue weighted by atomic mass is 16.6. The van der Waals surface area contributed by atoms with Gasteiger partial charge in [0.15, 0.2) is 12.2 Å². The van der Waals surface area contributed by atoms with Gasteiger partial charge in [-0.1, -0.05) is 98.3 Å². The van der Waals surface area contributed by atoms with Crippen molar-refractivity contribution in [1.29, 1.82) is 0 Å². The normalized spacial score (nSPS) is 21.3. The third-order valence-electron chi connectivity index (χ3n) is 12.6. The highest BCUT2D eigenvalue weighted by Crippen LogP contribution is 2.49. The molecule has 0 spiro atoms. The predicted octanol–water partition coefficient (Wildman–Crippen LogP) is 10.4. The largest absolute Gasteiger partial charge is 0.483 e. The van der Waals surface area contributed by atoms with Gasteiger partial charge in [0, 0.05) is 22.9 Å². The van der Waals surface area contributed by atoms with E-state index in [9.17, 15) is 14.4 Å². The molecule has 0 fully saturated rings. The molecule has 4 heterocycles. The van der Waals surface area contributed by atoms with E-state index in [0.717, 1.165) is 59.8 Å². The molecule has 4 aliphatic rings. The highest BCUT2D eigenvalue weighted by molar-refractivity contribution is 5.90. The van der Waals surface area contributed by atoms with Gasteiger partial charge in [0.05, 0.1) is 5.56 Å². The fourth-order valence-electron chi connectivity index (χ4n) is 9.36. The quantitative estimate of drug-likeness (QED) is 0.0996. The molecular weight excluding hydrogens is 725 g/mol. The maximum atomic E-state index is 14.5. The Morgan fingerprint density at radius 1 is 0.741 bits per heavy atom. The third-order valence-corrected chi connectivity index (χ3v) is 12.6. The lowest BCUT2D eigenvalue weighted by molar-refractivity contribution is -0.188. The zero-order chi connectivity index (χ0) is 40.8. The number of carbonyl (C=O) groups excluding carboxylic acids is 2. The minimum absolute atomic E-state index is 0.0365. The number of fused-ring (bicyclic) bond motifs is 15. The Bertz CT molecular complexity index is 2450. The molecule has 0 amide bonds. The van der Waals surface area contributed by atoms with E-state index in [-0.39, 0.29) is 17.8 Å². The summed E-state index contributed by atoms with van der Waals surface area (Å²) in [4.78, 5) is 42.5. The van der Waals surface area contributed by atoms with E-state index < -0.39 is 35.4 Å². The maximum absolute atomic E-state index is 14.5. The number of hydrogen-bond donors (Lipinski definition) is 0. The van der Waals surface area contributed by atoms with Gasteiger partial charge in [0.1, 0.15) is 16.9 Å². The van der Waals surface area contributed by atoms with Gasteiger partial charge in [-0.05, 0) is 136 Å². The summed E-state index contributed by atoms with van der Waals surface area (Å²) in [6.07, 6.45) is 3.84. The van der Waals surface area contributed by atoms with Crippen molar-refractivity contribution in [2.45, 2.75) is 123 Å². The zero-order valence-electron chi connectivity index (χ0n) is 34.6. The number of rotatable bonds is 5. The predicted molar refractivity (Wildman–Crippen MR) is 226 cm³/mol. The molecule has 58 heavy (non-hydrogen) atoms. The van der Waals surface area contributed by atoms with Crippen LogP contribution in [-0.2, 0) is 56.6 Å². The summed E-state index contributed by atoms with van der Waals surface area (Å²) in [5, 5.41) is 0.788. The van der Waals surface area contributed by atoms with Gasteiger partial charge in [-0.2, -0.15) is 0 Å². The van der Waals surface area contributed by atoms with Crippen LogP contribution in [0.15, 0.2) is 111 Å². The van der Waals surface area contributed by atoms with Gasteiger partial charge in [0.25, 0.3) is 0 Å². The second kappa shape index (κ2) is 15.7. The van der Waals surface area contributed by atoms with Crippen LogP contribution in [0.5, 0.6) is 5.75 Å². The van der Waals surface area contributed by atoms with Crippen LogP contribution >= 0.6 is 0 Å². The molecule has 0 saturated carbocycles. The van der Waals surface area contributed by atoms with E-state index in [1.807, 2.05) is 45.9 Å². The van der Waals surface area contributed by atoms with Gasteiger partial charge in [-0.15, -0.1) is 0 Å². The number of benzene rings is 4. The first kappa shape index (κ1) is 39.4. The van der Waals surface area contributed by atoms with Crippen molar-refractivity contribution >= 4 is 22.9 Å². The Hall–Kier alpha value is -5.43. The molecule has 1 aliphatic carbocycles. The molecule has 9 rings (SSSR count). The van der Waals surface area contributed by atoms with Crippen LogP contribution in [0.1, 0.15) is 118 Å². The van der Waals surface area contributed by atoms with Crippen LogP contribution in [0.25, 0.3) is 11.0 Å². The molecule has 0 N–H and O–H groups in total. The number of esters is 2. The molecule has 4 aromatic carbocycles. The SMILES string of the molecule is CC(C)=C1CCc2ccc(cc2)CC(CCc2cccc(Cc3ccccc3)c2)CC(=O)OC2c3c(ccc4c5c(c(=O)oc34)C(C)(C)CC5)OC(C)(C)C2OC1=O. The van der Waals surface area contributed by atoms with Crippen LogP contribution in [0.4, 0.5) is 0 Å². The summed E-state index contributed by atoms with van der Waals surface area (Å²) in [5.74, 6) is -0.492. The van der Waals surface area contributed by atoms with Crippen LogP contribution in [-0.4, -0.2) is 23.6 Å². The molecule has 3 aliphatic heterocycles. The van der Waals surface area contributed by atoms with Crippen molar-refractivity contribution in [3.05, 3.63) is 157 Å². The average Bonchev–Trinajstić information content (AvgIpc) is 3.51. The third kappa shape index (κ3) is 8.01.